The fourth-order valence-electron chi connectivity index (χ4n) is 4.91. The number of aliphatic hydroxyl groups excluding tert-OH is 1. The van der Waals surface area contributed by atoms with E-state index in [4.69, 9.17) is 4.74 Å². The number of rotatable bonds is 10. The molecule has 1 fully saturated rings. The van der Waals surface area contributed by atoms with E-state index in [1.807, 2.05) is 43.3 Å². The lowest BCUT2D eigenvalue weighted by atomic mass is 10.0. The molecule has 0 saturated carbocycles. The third kappa shape index (κ3) is 7.14. The molecule has 2 N–H and O–H groups in total. The number of piperazine rings is 1. The van der Waals surface area contributed by atoms with Gasteiger partial charge in [-0.3, -0.25) is 14.5 Å². The number of nitrogens with zero attached hydrogens (tertiary/aromatic N) is 2. The predicted molar refractivity (Wildman–Crippen MR) is 152 cm³/mol. The summed E-state index contributed by atoms with van der Waals surface area (Å²) in [6.45, 7) is 9.47. The van der Waals surface area contributed by atoms with E-state index in [9.17, 15) is 19.1 Å². The fourth-order valence-corrected chi connectivity index (χ4v) is 4.91. The number of aryl methyl sites for hydroxylation is 1. The predicted octanol–water partition coefficient (Wildman–Crippen LogP) is 4.44. The van der Waals surface area contributed by atoms with E-state index in [-0.39, 0.29) is 30.3 Å². The number of ether oxygens (including phenoxy) is 1. The summed E-state index contributed by atoms with van der Waals surface area (Å²) in [5.74, 6) is -0.158. The average molecular weight is 546 g/mol. The number of benzene rings is 3. The van der Waals surface area contributed by atoms with Gasteiger partial charge in [0.05, 0.1) is 12.6 Å². The van der Waals surface area contributed by atoms with Crippen molar-refractivity contribution in [2.24, 2.45) is 0 Å². The van der Waals surface area contributed by atoms with Gasteiger partial charge in [-0.05, 0) is 66.9 Å². The van der Waals surface area contributed by atoms with Gasteiger partial charge in [0, 0.05) is 37.8 Å². The summed E-state index contributed by atoms with van der Waals surface area (Å²) in [6, 6.07) is 20.6. The maximum atomic E-state index is 14.5. The van der Waals surface area contributed by atoms with Crippen molar-refractivity contribution in [3.05, 3.63) is 114 Å². The summed E-state index contributed by atoms with van der Waals surface area (Å²) in [6.07, 6.45) is 0.864. The smallest absolute Gasteiger partial charge is 0.251 e. The molecule has 3 aromatic carbocycles. The van der Waals surface area contributed by atoms with Crippen molar-refractivity contribution in [3.63, 3.8) is 0 Å². The van der Waals surface area contributed by atoms with E-state index in [0.717, 1.165) is 5.56 Å². The van der Waals surface area contributed by atoms with Crippen LogP contribution in [0.4, 0.5) is 4.39 Å². The molecule has 210 valence electrons. The van der Waals surface area contributed by atoms with Crippen LogP contribution in [0.5, 0.6) is 5.75 Å². The molecule has 1 aliphatic heterocycles. The van der Waals surface area contributed by atoms with Crippen LogP contribution in [0.15, 0.2) is 85.5 Å². The minimum atomic E-state index is -0.518. The Balaban J connectivity index is 1.47. The van der Waals surface area contributed by atoms with Crippen LogP contribution in [-0.2, 0) is 4.79 Å². The molecule has 2 amide bonds. The van der Waals surface area contributed by atoms with Crippen LogP contribution < -0.4 is 10.1 Å². The molecule has 1 heterocycles. The number of halogens is 1. The minimum Gasteiger partial charge on any atom is -0.484 e. The lowest BCUT2D eigenvalue weighted by molar-refractivity contribution is -0.130. The van der Waals surface area contributed by atoms with Crippen molar-refractivity contribution in [3.8, 4) is 5.75 Å². The van der Waals surface area contributed by atoms with E-state index in [2.05, 4.69) is 16.8 Å². The summed E-state index contributed by atoms with van der Waals surface area (Å²) in [5, 5.41) is 12.6. The highest BCUT2D eigenvalue weighted by Gasteiger charge is 2.29. The Hall–Kier alpha value is -4.01. The van der Waals surface area contributed by atoms with Crippen molar-refractivity contribution in [2.45, 2.75) is 32.0 Å². The van der Waals surface area contributed by atoms with Gasteiger partial charge in [-0.1, -0.05) is 49.0 Å². The lowest BCUT2D eigenvalue weighted by Gasteiger charge is -2.40. The van der Waals surface area contributed by atoms with Gasteiger partial charge in [0.2, 0.25) is 5.91 Å². The second kappa shape index (κ2) is 13.4. The van der Waals surface area contributed by atoms with Crippen LogP contribution in [0.25, 0.3) is 0 Å². The number of amides is 2. The van der Waals surface area contributed by atoms with Crippen molar-refractivity contribution in [1.29, 1.82) is 0 Å². The molecule has 0 aromatic heterocycles. The van der Waals surface area contributed by atoms with Gasteiger partial charge in [-0.2, -0.15) is 0 Å². The van der Waals surface area contributed by atoms with Crippen molar-refractivity contribution in [1.82, 2.24) is 15.1 Å². The van der Waals surface area contributed by atoms with Crippen LogP contribution in [0.2, 0.25) is 0 Å². The van der Waals surface area contributed by atoms with Gasteiger partial charge in [-0.25, -0.2) is 4.39 Å². The normalized spacial score (nSPS) is 17.1. The van der Waals surface area contributed by atoms with E-state index < -0.39 is 12.1 Å². The molecule has 0 unspecified atom stereocenters. The first-order valence-corrected chi connectivity index (χ1v) is 13.4. The molecule has 3 aromatic rings. The zero-order valence-corrected chi connectivity index (χ0v) is 22.9. The summed E-state index contributed by atoms with van der Waals surface area (Å²) in [7, 11) is 0. The molecule has 1 saturated heterocycles. The molecule has 0 spiro atoms. The van der Waals surface area contributed by atoms with Crippen LogP contribution in [-0.4, -0.2) is 65.5 Å². The van der Waals surface area contributed by atoms with E-state index in [1.165, 1.54) is 12.1 Å². The first-order valence-electron chi connectivity index (χ1n) is 13.4. The Labute approximate surface area is 234 Å². The molecule has 0 bridgehead atoms. The lowest BCUT2D eigenvalue weighted by Crippen LogP contribution is -2.54. The van der Waals surface area contributed by atoms with Crippen LogP contribution in [0.3, 0.4) is 0 Å². The topological polar surface area (TPSA) is 82.1 Å². The maximum absolute atomic E-state index is 14.5. The third-order valence-corrected chi connectivity index (χ3v) is 7.25. The highest BCUT2D eigenvalue weighted by molar-refractivity contribution is 5.94. The Morgan fingerprint density at radius 1 is 1.10 bits per heavy atom. The zero-order valence-electron chi connectivity index (χ0n) is 22.9. The summed E-state index contributed by atoms with van der Waals surface area (Å²) >= 11 is 0. The second-order valence-corrected chi connectivity index (χ2v) is 10.1. The Kier molecular flexibility index (Phi) is 9.69. The molecule has 3 atom stereocenters. The number of aliphatic hydroxyl groups is 1. The number of hydrogen-bond donors (Lipinski definition) is 2. The Morgan fingerprint density at radius 3 is 2.45 bits per heavy atom. The second-order valence-electron chi connectivity index (χ2n) is 10.1. The monoisotopic (exact) mass is 545 g/mol. The molecule has 0 radical (unpaired) electrons. The fraction of sp³-hybridized carbons (Fsp3) is 0.312. The SMILES string of the molecule is C=CC(=O)N1CCN(C[C@H](Oc2ccc(C(=O)N[C@@H](CO)c3ccccc3)cc2)c2ccc(C)c(F)c2)C[C@H]1C. The van der Waals surface area contributed by atoms with Crippen molar-refractivity contribution >= 4 is 11.8 Å². The molecule has 0 aliphatic carbocycles. The molecule has 7 nitrogen and oxygen atoms in total. The highest BCUT2D eigenvalue weighted by atomic mass is 19.1. The maximum Gasteiger partial charge on any atom is 0.251 e. The van der Waals surface area contributed by atoms with E-state index >= 15 is 0 Å². The van der Waals surface area contributed by atoms with Crippen LogP contribution in [0.1, 0.15) is 46.1 Å². The Morgan fingerprint density at radius 2 is 1.82 bits per heavy atom. The summed E-state index contributed by atoms with van der Waals surface area (Å²) in [4.78, 5) is 29.0. The molecule has 1 aliphatic rings. The number of carbonyl (C=O) groups excluding carboxylic acids is 2. The van der Waals surface area contributed by atoms with Crippen molar-refractivity contribution < 1.29 is 23.8 Å². The largest absolute Gasteiger partial charge is 0.484 e. The van der Waals surface area contributed by atoms with Gasteiger partial charge in [0.25, 0.3) is 5.91 Å². The van der Waals surface area contributed by atoms with Crippen LogP contribution in [0, 0.1) is 12.7 Å². The first-order chi connectivity index (χ1) is 19.3. The molecule has 4 rings (SSSR count). The average Bonchev–Trinajstić information content (AvgIpc) is 2.97. The van der Waals surface area contributed by atoms with Crippen LogP contribution >= 0.6 is 0 Å². The van der Waals surface area contributed by atoms with Gasteiger partial charge in [0.15, 0.2) is 0 Å². The van der Waals surface area contributed by atoms with Gasteiger partial charge in [-0.15, -0.1) is 0 Å². The standard InChI is InChI=1S/C32H36FN3O4/c1-4-31(38)36-17-16-35(19-23(36)3)20-30(26-11-10-22(2)28(33)18-26)40-27-14-12-25(13-15-27)32(39)34-29(21-37)24-8-6-5-7-9-24/h4-15,18,23,29-30,37H,1,16-17,19-21H2,2-3H3,(H,34,39)/t23-,29+,30+/m1/s1. The van der Waals surface area contributed by atoms with Crippen molar-refractivity contribution in [2.75, 3.05) is 32.8 Å². The van der Waals surface area contributed by atoms with E-state index in [0.29, 0.717) is 48.6 Å². The Bertz CT molecular complexity index is 1320. The summed E-state index contributed by atoms with van der Waals surface area (Å²) in [5.41, 5.74) is 2.50. The molecule has 40 heavy (non-hydrogen) atoms. The molecular weight excluding hydrogens is 509 g/mol. The van der Waals surface area contributed by atoms with Gasteiger partial charge < -0.3 is 20.1 Å². The number of carbonyl (C=O) groups is 2. The van der Waals surface area contributed by atoms with Gasteiger partial charge >= 0.3 is 0 Å². The molecule has 8 heteroatoms. The highest BCUT2D eigenvalue weighted by Crippen LogP contribution is 2.26. The first kappa shape index (κ1) is 29.0. The summed E-state index contributed by atoms with van der Waals surface area (Å²) < 4.78 is 20.9. The zero-order chi connectivity index (χ0) is 28.6. The van der Waals surface area contributed by atoms with E-state index in [1.54, 1.807) is 42.2 Å². The quantitative estimate of drug-likeness (QED) is 0.368. The third-order valence-electron chi connectivity index (χ3n) is 7.25. The number of nitrogens with one attached hydrogen (secondary N) is 1. The minimum absolute atomic E-state index is 0.00563. The number of hydrogen-bond acceptors (Lipinski definition) is 5. The molecular formula is C32H36FN3O4. The van der Waals surface area contributed by atoms with Gasteiger partial charge in [0.1, 0.15) is 17.7 Å².